The number of carbonyl (C=O) groups is 1. The summed E-state index contributed by atoms with van der Waals surface area (Å²) in [6.45, 7) is 2.82. The molecule has 1 aromatic heterocycles. The van der Waals surface area contributed by atoms with Crippen LogP contribution in [0.25, 0.3) is 0 Å². The zero-order valence-corrected chi connectivity index (χ0v) is 25.3. The molecule has 1 atom stereocenters. The van der Waals surface area contributed by atoms with Crippen LogP contribution in [0.4, 0.5) is 5.69 Å². The van der Waals surface area contributed by atoms with Gasteiger partial charge in [-0.3, -0.25) is 9.69 Å². The molecule has 6 nitrogen and oxygen atoms in total. The molecule has 2 aromatic carbocycles. The molecule has 1 heterocycles. The van der Waals surface area contributed by atoms with Crippen LogP contribution in [0, 0.1) is 10.7 Å². The maximum absolute atomic E-state index is 12.7. The number of hydrogen-bond donors (Lipinski definition) is 1. The topological polar surface area (TPSA) is 63.1 Å². The van der Waals surface area contributed by atoms with E-state index in [1.807, 2.05) is 18.2 Å². The Morgan fingerprint density at radius 2 is 1.78 bits per heavy atom. The molecule has 32 heavy (non-hydrogen) atoms. The summed E-state index contributed by atoms with van der Waals surface area (Å²) in [4.78, 5) is 14.9. The SMILES string of the molecule is CCC(c1nnc(SCC(=O)Nc2c(I)cc(I)cc2I)n1Cc1ccccc1)N(C)C. The van der Waals surface area contributed by atoms with Crippen molar-refractivity contribution in [1.29, 1.82) is 0 Å². The van der Waals surface area contributed by atoms with E-state index in [9.17, 15) is 4.79 Å². The Labute approximate surface area is 234 Å². The van der Waals surface area contributed by atoms with Crippen molar-refractivity contribution >= 4 is 91.1 Å². The van der Waals surface area contributed by atoms with E-state index in [2.05, 4.69) is 138 Å². The molecule has 0 saturated heterocycles. The van der Waals surface area contributed by atoms with Crippen LogP contribution in [0.3, 0.4) is 0 Å². The first-order valence-corrected chi connectivity index (χ1v) is 14.2. The van der Waals surface area contributed by atoms with E-state index in [1.54, 1.807) is 0 Å². The van der Waals surface area contributed by atoms with Gasteiger partial charge >= 0.3 is 0 Å². The highest BCUT2D eigenvalue weighted by Crippen LogP contribution is 2.29. The first kappa shape index (κ1) is 26.2. The third-order valence-electron chi connectivity index (χ3n) is 4.84. The van der Waals surface area contributed by atoms with Crippen LogP contribution in [0.15, 0.2) is 47.6 Å². The Hall–Kier alpha value is -0.450. The number of aromatic nitrogens is 3. The molecule has 10 heteroatoms. The highest BCUT2D eigenvalue weighted by molar-refractivity contribution is 14.1. The zero-order valence-electron chi connectivity index (χ0n) is 18.0. The van der Waals surface area contributed by atoms with Gasteiger partial charge in [-0.05, 0) is 106 Å². The standard InChI is InChI=1S/C22H24I3N5OS/c1-4-18(29(2)3)21-27-28-22(30(21)12-14-8-6-5-7-9-14)32-13-19(31)26-20-16(24)10-15(23)11-17(20)25/h5-11,18H,4,12-13H2,1-3H3,(H,26,31). The van der Waals surface area contributed by atoms with Gasteiger partial charge < -0.3 is 9.88 Å². The maximum atomic E-state index is 12.7. The quantitative estimate of drug-likeness (QED) is 0.217. The summed E-state index contributed by atoms with van der Waals surface area (Å²) in [7, 11) is 4.11. The lowest BCUT2D eigenvalue weighted by Gasteiger charge is -2.23. The van der Waals surface area contributed by atoms with Crippen molar-refractivity contribution in [2.75, 3.05) is 25.2 Å². The van der Waals surface area contributed by atoms with Crippen LogP contribution in [-0.4, -0.2) is 45.4 Å². The molecule has 1 unspecified atom stereocenters. The van der Waals surface area contributed by atoms with Gasteiger partial charge in [-0.2, -0.15) is 0 Å². The van der Waals surface area contributed by atoms with Gasteiger partial charge in [-0.1, -0.05) is 49.0 Å². The minimum atomic E-state index is -0.0532. The zero-order chi connectivity index (χ0) is 23.3. The Balaban J connectivity index is 1.80. The lowest BCUT2D eigenvalue weighted by molar-refractivity contribution is -0.113. The van der Waals surface area contributed by atoms with Gasteiger partial charge in [-0.15, -0.1) is 10.2 Å². The summed E-state index contributed by atoms with van der Waals surface area (Å²) >= 11 is 8.23. The summed E-state index contributed by atoms with van der Waals surface area (Å²) < 4.78 is 5.35. The molecule has 0 aliphatic heterocycles. The molecule has 0 radical (unpaired) electrons. The fourth-order valence-corrected chi connectivity index (χ4v) is 7.91. The van der Waals surface area contributed by atoms with Crippen LogP contribution in [0.2, 0.25) is 0 Å². The molecule has 0 saturated carbocycles. The Morgan fingerprint density at radius 1 is 1.12 bits per heavy atom. The summed E-state index contributed by atoms with van der Waals surface area (Å²) in [5.41, 5.74) is 2.04. The third-order valence-corrected chi connectivity index (χ3v) is 8.13. The number of amides is 1. The molecule has 0 spiro atoms. The highest BCUT2D eigenvalue weighted by atomic mass is 127. The van der Waals surface area contributed by atoms with E-state index in [-0.39, 0.29) is 17.7 Å². The molecule has 0 aliphatic rings. The predicted octanol–water partition coefficient (Wildman–Crippen LogP) is 5.88. The molecule has 0 fully saturated rings. The number of halogens is 3. The molecule has 3 rings (SSSR count). The molecule has 3 aromatic rings. The van der Waals surface area contributed by atoms with E-state index >= 15 is 0 Å². The van der Waals surface area contributed by atoms with Gasteiger partial charge in [0, 0.05) is 10.7 Å². The summed E-state index contributed by atoms with van der Waals surface area (Å²) in [6.07, 6.45) is 0.925. The largest absolute Gasteiger partial charge is 0.324 e. The van der Waals surface area contributed by atoms with Crippen LogP contribution < -0.4 is 5.32 Å². The van der Waals surface area contributed by atoms with Gasteiger partial charge in [0.25, 0.3) is 0 Å². The number of rotatable bonds is 9. The van der Waals surface area contributed by atoms with Crippen molar-refractivity contribution in [3.63, 3.8) is 0 Å². The van der Waals surface area contributed by atoms with Gasteiger partial charge in [0.2, 0.25) is 5.91 Å². The van der Waals surface area contributed by atoms with Crippen LogP contribution in [0.5, 0.6) is 0 Å². The molecular weight excluding hydrogens is 763 g/mol. The Bertz CT molecular complexity index is 1050. The average Bonchev–Trinajstić information content (AvgIpc) is 3.12. The van der Waals surface area contributed by atoms with E-state index < -0.39 is 0 Å². The number of nitrogens with zero attached hydrogens (tertiary/aromatic N) is 4. The fraction of sp³-hybridized carbons (Fsp3) is 0.318. The van der Waals surface area contributed by atoms with Crippen molar-refractivity contribution in [2.24, 2.45) is 0 Å². The number of hydrogen-bond acceptors (Lipinski definition) is 5. The lowest BCUT2D eigenvalue weighted by atomic mass is 10.2. The number of thioether (sulfide) groups is 1. The number of benzene rings is 2. The van der Waals surface area contributed by atoms with E-state index in [4.69, 9.17) is 0 Å². The van der Waals surface area contributed by atoms with Crippen molar-refractivity contribution in [3.8, 4) is 0 Å². The summed E-state index contributed by atoms with van der Waals surface area (Å²) in [5.74, 6) is 1.14. The first-order valence-electron chi connectivity index (χ1n) is 10.0. The smallest absolute Gasteiger partial charge is 0.234 e. The molecule has 0 bridgehead atoms. The molecular formula is C22H24I3N5OS. The van der Waals surface area contributed by atoms with Crippen molar-refractivity contribution in [3.05, 3.63) is 64.6 Å². The van der Waals surface area contributed by atoms with Crippen LogP contribution >= 0.6 is 79.5 Å². The van der Waals surface area contributed by atoms with Crippen molar-refractivity contribution in [1.82, 2.24) is 19.7 Å². The number of anilines is 1. The van der Waals surface area contributed by atoms with Gasteiger partial charge in [-0.25, -0.2) is 0 Å². The Morgan fingerprint density at radius 3 is 2.38 bits per heavy atom. The maximum Gasteiger partial charge on any atom is 0.234 e. The van der Waals surface area contributed by atoms with Crippen molar-refractivity contribution < 1.29 is 4.79 Å². The number of carbonyl (C=O) groups excluding carboxylic acids is 1. The molecule has 1 amide bonds. The number of nitrogens with one attached hydrogen (secondary N) is 1. The highest BCUT2D eigenvalue weighted by Gasteiger charge is 2.23. The normalized spacial score (nSPS) is 12.2. The second-order valence-electron chi connectivity index (χ2n) is 7.38. The lowest BCUT2D eigenvalue weighted by Crippen LogP contribution is -2.23. The minimum Gasteiger partial charge on any atom is -0.324 e. The third kappa shape index (κ3) is 6.79. The average molecular weight is 787 g/mol. The van der Waals surface area contributed by atoms with Crippen molar-refractivity contribution in [2.45, 2.75) is 31.1 Å². The second kappa shape index (κ2) is 12.3. The fourth-order valence-electron chi connectivity index (χ4n) is 3.31. The van der Waals surface area contributed by atoms with E-state index in [1.165, 1.54) is 17.3 Å². The molecule has 1 N–H and O–H groups in total. The second-order valence-corrected chi connectivity index (χ2v) is 11.9. The van der Waals surface area contributed by atoms with Gasteiger partial charge in [0.15, 0.2) is 11.0 Å². The van der Waals surface area contributed by atoms with Gasteiger partial charge in [0.1, 0.15) is 0 Å². The van der Waals surface area contributed by atoms with E-state index in [0.29, 0.717) is 6.54 Å². The van der Waals surface area contributed by atoms with Crippen LogP contribution in [-0.2, 0) is 11.3 Å². The van der Waals surface area contributed by atoms with Crippen LogP contribution in [0.1, 0.15) is 30.8 Å². The summed E-state index contributed by atoms with van der Waals surface area (Å²) in [6, 6.07) is 14.6. The first-order chi connectivity index (χ1) is 15.3. The molecule has 170 valence electrons. The summed E-state index contributed by atoms with van der Waals surface area (Å²) in [5, 5.41) is 12.8. The minimum absolute atomic E-state index is 0.0532. The monoisotopic (exact) mass is 787 g/mol. The van der Waals surface area contributed by atoms with Gasteiger partial charge in [0.05, 0.1) is 24.0 Å². The molecule has 0 aliphatic carbocycles. The predicted molar refractivity (Wildman–Crippen MR) is 156 cm³/mol. The Kier molecular flexibility index (Phi) is 10.1. The van der Waals surface area contributed by atoms with E-state index in [0.717, 1.165) is 33.8 Å².